The van der Waals surface area contributed by atoms with Crippen molar-refractivity contribution in [2.75, 3.05) is 45.8 Å². The van der Waals surface area contributed by atoms with Crippen LogP contribution in [0.5, 0.6) is 0 Å². The topological polar surface area (TPSA) is 64.3 Å². The molecule has 1 aromatic heterocycles. The lowest BCUT2D eigenvalue weighted by atomic mass is 9.84. The molecule has 6 rings (SSSR count). The third-order valence-electron chi connectivity index (χ3n) is 9.40. The zero-order valence-electron chi connectivity index (χ0n) is 25.4. The second-order valence-electron chi connectivity index (χ2n) is 12.3. The summed E-state index contributed by atoms with van der Waals surface area (Å²) in [5.74, 6) is 0.354. The van der Waals surface area contributed by atoms with Crippen LogP contribution in [0.3, 0.4) is 0 Å². The van der Waals surface area contributed by atoms with E-state index >= 15 is 0 Å². The molecule has 222 valence electrons. The quantitative estimate of drug-likeness (QED) is 0.218. The summed E-state index contributed by atoms with van der Waals surface area (Å²) < 4.78 is 2.40. The summed E-state index contributed by atoms with van der Waals surface area (Å²) in [6.07, 6.45) is 7.99. The molecule has 0 spiro atoms. The summed E-state index contributed by atoms with van der Waals surface area (Å²) in [6, 6.07) is 25.1. The van der Waals surface area contributed by atoms with Crippen LogP contribution < -0.4 is 5.32 Å². The van der Waals surface area contributed by atoms with Gasteiger partial charge in [0.2, 0.25) is 0 Å². The van der Waals surface area contributed by atoms with Gasteiger partial charge in [0.1, 0.15) is 0 Å². The fourth-order valence-electron chi connectivity index (χ4n) is 7.04. The molecule has 0 saturated carbocycles. The minimum atomic E-state index is -0.101. The lowest BCUT2D eigenvalue weighted by Crippen LogP contribution is -2.35. The molecule has 1 N–H and O–H groups in total. The van der Waals surface area contributed by atoms with Gasteiger partial charge < -0.3 is 19.7 Å². The van der Waals surface area contributed by atoms with Crippen molar-refractivity contribution in [3.05, 3.63) is 95.2 Å². The number of nitriles is 1. The first kappa shape index (κ1) is 29.2. The van der Waals surface area contributed by atoms with Crippen LogP contribution in [0.4, 0.5) is 0 Å². The largest absolute Gasteiger partial charge is 0.352 e. The van der Waals surface area contributed by atoms with Gasteiger partial charge in [-0.25, -0.2) is 0 Å². The van der Waals surface area contributed by atoms with Crippen LogP contribution >= 0.6 is 0 Å². The molecule has 4 aromatic rings. The minimum Gasteiger partial charge on any atom is -0.352 e. The van der Waals surface area contributed by atoms with Crippen LogP contribution in [0.25, 0.3) is 22.0 Å². The van der Waals surface area contributed by atoms with Crippen LogP contribution in [0.2, 0.25) is 0 Å². The average Bonchev–Trinajstić information content (AvgIpc) is 3.70. The van der Waals surface area contributed by atoms with Crippen LogP contribution in [0.15, 0.2) is 72.9 Å². The SMILES string of the molecule is Cc1cn(CCN2CCC(c3ccccc3-c3cc(C#N)cc(C(=O)NCCCN4CCCC4)c3)CC2)c2ccccc12. The molecule has 6 heteroatoms. The Bertz CT molecular complexity index is 1600. The van der Waals surface area contributed by atoms with Crippen molar-refractivity contribution >= 4 is 16.8 Å². The predicted octanol–water partition coefficient (Wildman–Crippen LogP) is 6.58. The molecule has 3 aromatic carbocycles. The van der Waals surface area contributed by atoms with E-state index in [0.29, 0.717) is 23.6 Å². The van der Waals surface area contributed by atoms with Gasteiger partial charge in [-0.3, -0.25) is 4.79 Å². The number of benzene rings is 3. The molecular formula is C37H43N5O. The third-order valence-corrected chi connectivity index (χ3v) is 9.40. The van der Waals surface area contributed by atoms with E-state index < -0.39 is 0 Å². The van der Waals surface area contributed by atoms with Gasteiger partial charge in [0.15, 0.2) is 0 Å². The van der Waals surface area contributed by atoms with E-state index in [1.165, 1.54) is 48.0 Å². The van der Waals surface area contributed by atoms with Crippen molar-refractivity contribution in [3.8, 4) is 17.2 Å². The summed E-state index contributed by atoms with van der Waals surface area (Å²) in [5, 5.41) is 14.2. The highest BCUT2D eigenvalue weighted by Gasteiger charge is 2.23. The zero-order valence-corrected chi connectivity index (χ0v) is 25.4. The van der Waals surface area contributed by atoms with Gasteiger partial charge in [0.05, 0.1) is 11.6 Å². The number of hydrogen-bond acceptors (Lipinski definition) is 4. The summed E-state index contributed by atoms with van der Waals surface area (Å²) in [7, 11) is 0. The number of fused-ring (bicyclic) bond motifs is 1. The number of nitrogens with zero attached hydrogens (tertiary/aromatic N) is 4. The van der Waals surface area contributed by atoms with Crippen LogP contribution in [-0.2, 0) is 6.54 Å². The van der Waals surface area contributed by atoms with Crippen molar-refractivity contribution in [2.24, 2.45) is 0 Å². The summed E-state index contributed by atoms with van der Waals surface area (Å²) in [6.45, 7) is 10.4. The first-order valence-corrected chi connectivity index (χ1v) is 16.0. The Labute approximate surface area is 255 Å². The molecule has 43 heavy (non-hydrogen) atoms. The van der Waals surface area contributed by atoms with Crippen molar-refractivity contribution in [1.82, 2.24) is 19.7 Å². The highest BCUT2D eigenvalue weighted by Crippen LogP contribution is 2.36. The second-order valence-corrected chi connectivity index (χ2v) is 12.3. The monoisotopic (exact) mass is 573 g/mol. The van der Waals surface area contributed by atoms with Crippen molar-refractivity contribution < 1.29 is 4.79 Å². The number of likely N-dealkylation sites (tertiary alicyclic amines) is 2. The molecule has 0 bridgehead atoms. The maximum absolute atomic E-state index is 13.1. The van der Waals surface area contributed by atoms with E-state index in [0.717, 1.165) is 63.1 Å². The number of hydrogen-bond donors (Lipinski definition) is 1. The maximum atomic E-state index is 13.1. The Balaban J connectivity index is 1.10. The van der Waals surface area contributed by atoms with E-state index in [1.54, 1.807) is 6.07 Å². The molecule has 1 amide bonds. The van der Waals surface area contributed by atoms with E-state index in [4.69, 9.17) is 0 Å². The Hall–Kier alpha value is -3.92. The van der Waals surface area contributed by atoms with Gasteiger partial charge in [-0.2, -0.15) is 5.26 Å². The van der Waals surface area contributed by atoms with E-state index in [9.17, 15) is 10.1 Å². The van der Waals surface area contributed by atoms with Crippen LogP contribution in [0, 0.1) is 18.3 Å². The number of rotatable bonds is 10. The Morgan fingerprint density at radius 2 is 1.65 bits per heavy atom. The lowest BCUT2D eigenvalue weighted by Gasteiger charge is -2.33. The fraction of sp³-hybridized carbons (Fsp3) is 0.405. The lowest BCUT2D eigenvalue weighted by molar-refractivity contribution is 0.0952. The molecule has 2 fully saturated rings. The number of carbonyl (C=O) groups is 1. The predicted molar refractivity (Wildman–Crippen MR) is 174 cm³/mol. The van der Waals surface area contributed by atoms with Gasteiger partial charge in [0, 0.05) is 42.3 Å². The average molecular weight is 574 g/mol. The van der Waals surface area contributed by atoms with Crippen molar-refractivity contribution in [1.29, 1.82) is 5.26 Å². The first-order valence-electron chi connectivity index (χ1n) is 16.0. The Morgan fingerprint density at radius 1 is 0.907 bits per heavy atom. The van der Waals surface area contributed by atoms with Crippen LogP contribution in [-0.4, -0.2) is 66.1 Å². The maximum Gasteiger partial charge on any atom is 0.251 e. The minimum absolute atomic E-state index is 0.101. The number of nitrogens with one attached hydrogen (secondary N) is 1. The normalized spacial score (nSPS) is 16.5. The number of amides is 1. The Morgan fingerprint density at radius 3 is 2.47 bits per heavy atom. The number of aromatic nitrogens is 1. The number of para-hydroxylation sites is 1. The van der Waals surface area contributed by atoms with Gasteiger partial charge in [0.25, 0.3) is 5.91 Å². The summed E-state index contributed by atoms with van der Waals surface area (Å²) >= 11 is 0. The fourth-order valence-corrected chi connectivity index (χ4v) is 7.04. The molecule has 2 saturated heterocycles. The molecule has 0 radical (unpaired) electrons. The number of carbonyl (C=O) groups excluding carboxylic acids is 1. The zero-order chi connectivity index (χ0) is 29.6. The van der Waals surface area contributed by atoms with Gasteiger partial charge in [-0.15, -0.1) is 0 Å². The van der Waals surface area contributed by atoms with Crippen LogP contribution in [0.1, 0.15) is 65.1 Å². The van der Waals surface area contributed by atoms with E-state index in [1.807, 2.05) is 12.1 Å². The van der Waals surface area contributed by atoms with E-state index in [2.05, 4.69) is 87.4 Å². The van der Waals surface area contributed by atoms with Crippen molar-refractivity contribution in [2.45, 2.75) is 51.5 Å². The highest BCUT2D eigenvalue weighted by molar-refractivity contribution is 5.96. The molecule has 0 atom stereocenters. The van der Waals surface area contributed by atoms with Gasteiger partial charge in [-0.1, -0.05) is 42.5 Å². The van der Waals surface area contributed by atoms with Crippen molar-refractivity contribution in [3.63, 3.8) is 0 Å². The molecule has 0 unspecified atom stereocenters. The molecule has 2 aliphatic heterocycles. The number of piperidine rings is 1. The molecule has 2 aliphatic rings. The summed E-state index contributed by atoms with van der Waals surface area (Å²) in [4.78, 5) is 18.2. The van der Waals surface area contributed by atoms with Gasteiger partial charge >= 0.3 is 0 Å². The standard InChI is InChI=1S/C37H43N5O/c1-28-27-42(36-12-5-4-9-33(28)36)22-21-41-19-13-30(14-20-41)34-10-2-3-11-35(34)31-23-29(26-38)24-32(25-31)37(43)39-15-8-18-40-16-6-7-17-40/h2-5,9-12,23-25,27,30H,6-8,13-22H2,1H3,(H,39,43). The number of aryl methyl sites for hydroxylation is 1. The first-order chi connectivity index (χ1) is 21.1. The van der Waals surface area contributed by atoms with E-state index in [-0.39, 0.29) is 5.91 Å². The smallest absolute Gasteiger partial charge is 0.251 e. The van der Waals surface area contributed by atoms with Gasteiger partial charge in [-0.05, 0) is 124 Å². The summed E-state index contributed by atoms with van der Waals surface area (Å²) in [5.41, 5.74) is 7.15. The third kappa shape index (κ3) is 6.85. The second kappa shape index (κ2) is 13.6. The molecule has 6 nitrogen and oxygen atoms in total. The Kier molecular flexibility index (Phi) is 9.21. The molecule has 3 heterocycles. The highest BCUT2D eigenvalue weighted by atomic mass is 16.1. The molecular weight excluding hydrogens is 530 g/mol. The molecule has 0 aliphatic carbocycles.